The van der Waals surface area contributed by atoms with Gasteiger partial charge in [0.1, 0.15) is 0 Å². The fourth-order valence-corrected chi connectivity index (χ4v) is 1.27. The lowest BCUT2D eigenvalue weighted by molar-refractivity contribution is 0.259. The van der Waals surface area contributed by atoms with Crippen molar-refractivity contribution in [3.63, 3.8) is 0 Å². The molecule has 6 heteroatoms. The summed E-state index contributed by atoms with van der Waals surface area (Å²) in [5.74, 6) is -0.177. The fourth-order valence-electron chi connectivity index (χ4n) is 1.27. The normalized spacial score (nSPS) is 10.0. The lowest BCUT2D eigenvalue weighted by Crippen LogP contribution is -2.23. The van der Waals surface area contributed by atoms with Crippen LogP contribution in [0.1, 0.15) is 0 Å². The molecular formula is C10H8N4O2. The van der Waals surface area contributed by atoms with Crippen molar-refractivity contribution in [2.45, 2.75) is 0 Å². The van der Waals surface area contributed by atoms with Gasteiger partial charge < -0.3 is 5.73 Å². The van der Waals surface area contributed by atoms with Crippen molar-refractivity contribution in [3.8, 4) is 0 Å². The van der Waals surface area contributed by atoms with Crippen LogP contribution >= 0.6 is 0 Å². The molecular weight excluding hydrogens is 208 g/mol. The lowest BCUT2D eigenvalue weighted by Gasteiger charge is -1.92. The Kier molecular flexibility index (Phi) is 2.47. The first-order valence-corrected chi connectivity index (χ1v) is 4.50. The van der Waals surface area contributed by atoms with Gasteiger partial charge in [-0.3, -0.25) is 10.1 Å². The van der Waals surface area contributed by atoms with Gasteiger partial charge in [-0.2, -0.15) is 0 Å². The van der Waals surface area contributed by atoms with Gasteiger partial charge in [-0.15, -0.1) is 10.2 Å². The average Bonchev–Trinajstić information content (AvgIpc) is 2.39. The van der Waals surface area contributed by atoms with E-state index in [0.29, 0.717) is 10.9 Å². The number of nitrogens with two attached hydrogens (primary N) is 1. The Morgan fingerprint density at radius 3 is 2.75 bits per heavy atom. The van der Waals surface area contributed by atoms with Gasteiger partial charge >= 0.3 is 6.03 Å². The van der Waals surface area contributed by atoms with Crippen LogP contribution in [-0.4, -0.2) is 16.2 Å². The number of nitrogens with one attached hydrogen (secondary N) is 1. The van der Waals surface area contributed by atoms with Crippen molar-refractivity contribution >= 4 is 22.8 Å². The fraction of sp³-hybridized carbons (Fsp3) is 0. The molecule has 0 unspecified atom stereocenters. The number of hydrogen-bond donors (Lipinski definition) is 2. The second-order valence-corrected chi connectivity index (χ2v) is 3.11. The Bertz CT molecular complexity index is 612. The predicted molar refractivity (Wildman–Crippen MR) is 59.0 cm³/mol. The molecule has 0 aliphatic carbocycles. The average molecular weight is 216 g/mol. The molecule has 2 amide bonds. The van der Waals surface area contributed by atoms with Crippen LogP contribution in [-0.2, 0) is 0 Å². The zero-order valence-corrected chi connectivity index (χ0v) is 8.18. The standard InChI is InChI=1S/C10H8N4O2/c11-10(16)12-9-8(15)5-6-3-1-2-4-7(6)13-14-9/h1-5H,(H3,11,12,14,15,16). The van der Waals surface area contributed by atoms with Gasteiger partial charge in [-0.05, 0) is 12.1 Å². The van der Waals surface area contributed by atoms with Gasteiger partial charge in [-0.25, -0.2) is 4.79 Å². The van der Waals surface area contributed by atoms with E-state index in [1.54, 1.807) is 24.3 Å². The second-order valence-electron chi connectivity index (χ2n) is 3.11. The summed E-state index contributed by atoms with van der Waals surface area (Å²) in [5.41, 5.74) is 5.03. The van der Waals surface area contributed by atoms with Gasteiger partial charge in [0, 0.05) is 5.39 Å². The molecule has 0 bridgehead atoms. The van der Waals surface area contributed by atoms with Crippen molar-refractivity contribution < 1.29 is 4.79 Å². The molecule has 0 saturated carbocycles. The third kappa shape index (κ3) is 1.95. The van der Waals surface area contributed by atoms with E-state index in [4.69, 9.17) is 5.73 Å². The number of anilines is 1. The second kappa shape index (κ2) is 3.93. The molecule has 1 aromatic heterocycles. The topological polar surface area (TPSA) is 98.0 Å². The number of fused-ring (bicyclic) bond motifs is 1. The number of urea groups is 1. The highest BCUT2D eigenvalue weighted by Gasteiger charge is 2.03. The summed E-state index contributed by atoms with van der Waals surface area (Å²) >= 11 is 0. The first-order valence-electron chi connectivity index (χ1n) is 4.50. The quantitative estimate of drug-likeness (QED) is 0.724. The summed E-state index contributed by atoms with van der Waals surface area (Å²) in [6.07, 6.45) is 0. The van der Waals surface area contributed by atoms with Crippen LogP contribution in [0.2, 0.25) is 0 Å². The van der Waals surface area contributed by atoms with Crippen LogP contribution in [0, 0.1) is 0 Å². The number of nitrogens with zero attached hydrogens (tertiary/aromatic N) is 2. The first kappa shape index (κ1) is 10.0. The van der Waals surface area contributed by atoms with E-state index in [1.165, 1.54) is 6.07 Å². The molecule has 3 N–H and O–H groups in total. The third-order valence-corrected chi connectivity index (χ3v) is 1.96. The van der Waals surface area contributed by atoms with Gasteiger partial charge in [-0.1, -0.05) is 18.2 Å². The van der Waals surface area contributed by atoms with Crippen molar-refractivity contribution in [1.29, 1.82) is 0 Å². The number of aromatic nitrogens is 2. The molecule has 0 radical (unpaired) electrons. The monoisotopic (exact) mass is 216 g/mol. The number of carbonyl (C=O) groups excluding carboxylic acids is 1. The van der Waals surface area contributed by atoms with Gasteiger partial charge in [0.05, 0.1) is 5.52 Å². The molecule has 0 aliphatic rings. The summed E-state index contributed by atoms with van der Waals surface area (Å²) in [7, 11) is 0. The summed E-state index contributed by atoms with van der Waals surface area (Å²) in [6.45, 7) is 0. The van der Waals surface area contributed by atoms with Crippen LogP contribution in [0.3, 0.4) is 0 Å². The zero-order valence-electron chi connectivity index (χ0n) is 8.18. The Hall–Kier alpha value is -2.50. The molecule has 2 rings (SSSR count). The van der Waals surface area contributed by atoms with Crippen molar-refractivity contribution in [2.75, 3.05) is 5.32 Å². The number of rotatable bonds is 1. The van der Waals surface area contributed by atoms with E-state index in [-0.39, 0.29) is 5.82 Å². The van der Waals surface area contributed by atoms with Crippen molar-refractivity contribution in [3.05, 3.63) is 40.6 Å². The highest BCUT2D eigenvalue weighted by atomic mass is 16.2. The summed E-state index contributed by atoms with van der Waals surface area (Å²) < 4.78 is 0. The van der Waals surface area contributed by atoms with E-state index < -0.39 is 11.5 Å². The van der Waals surface area contributed by atoms with Crippen LogP contribution in [0.15, 0.2) is 35.1 Å². The highest BCUT2D eigenvalue weighted by Crippen LogP contribution is 2.06. The summed E-state index contributed by atoms with van der Waals surface area (Å²) in [6, 6.07) is 7.52. The molecule has 6 nitrogen and oxygen atoms in total. The summed E-state index contributed by atoms with van der Waals surface area (Å²) in [4.78, 5) is 22.2. The minimum absolute atomic E-state index is 0.177. The predicted octanol–water partition coefficient (Wildman–Crippen LogP) is 0.481. The Morgan fingerprint density at radius 1 is 1.25 bits per heavy atom. The van der Waals surface area contributed by atoms with Crippen molar-refractivity contribution in [1.82, 2.24) is 10.2 Å². The molecule has 1 heterocycles. The maximum atomic E-state index is 11.6. The molecule has 0 saturated heterocycles. The molecule has 1 aromatic carbocycles. The SMILES string of the molecule is NC(=O)Nc1nnc2ccccc2cc1=O. The lowest BCUT2D eigenvalue weighted by atomic mass is 10.2. The molecule has 0 fully saturated rings. The minimum Gasteiger partial charge on any atom is -0.351 e. The molecule has 0 aliphatic heterocycles. The van der Waals surface area contributed by atoms with Gasteiger partial charge in [0.2, 0.25) is 11.2 Å². The van der Waals surface area contributed by atoms with E-state index in [2.05, 4.69) is 15.5 Å². The van der Waals surface area contributed by atoms with Crippen LogP contribution in [0.5, 0.6) is 0 Å². The number of carbonyl (C=O) groups is 1. The molecule has 0 spiro atoms. The van der Waals surface area contributed by atoms with Gasteiger partial charge in [0.25, 0.3) is 0 Å². The molecule has 80 valence electrons. The van der Waals surface area contributed by atoms with Gasteiger partial charge in [0.15, 0.2) is 0 Å². The number of benzene rings is 1. The Labute approximate surface area is 90.1 Å². The summed E-state index contributed by atoms with van der Waals surface area (Å²) in [5, 5.41) is 10.2. The van der Waals surface area contributed by atoms with Crippen LogP contribution in [0.25, 0.3) is 10.9 Å². The number of primary amides is 1. The largest absolute Gasteiger partial charge is 0.351 e. The number of amides is 2. The van der Waals surface area contributed by atoms with E-state index in [9.17, 15) is 9.59 Å². The molecule has 2 aromatic rings. The van der Waals surface area contributed by atoms with E-state index in [1.807, 2.05) is 0 Å². The third-order valence-electron chi connectivity index (χ3n) is 1.96. The van der Waals surface area contributed by atoms with Crippen molar-refractivity contribution in [2.24, 2.45) is 5.73 Å². The van der Waals surface area contributed by atoms with Crippen LogP contribution < -0.4 is 16.5 Å². The highest BCUT2D eigenvalue weighted by molar-refractivity contribution is 5.87. The van der Waals surface area contributed by atoms with Crippen LogP contribution in [0.4, 0.5) is 10.6 Å². The smallest absolute Gasteiger partial charge is 0.317 e. The Morgan fingerprint density at radius 2 is 2.00 bits per heavy atom. The van der Waals surface area contributed by atoms with E-state index >= 15 is 0 Å². The maximum absolute atomic E-state index is 11.6. The van der Waals surface area contributed by atoms with E-state index in [0.717, 1.165) is 0 Å². The molecule has 16 heavy (non-hydrogen) atoms. The molecule has 0 atom stereocenters. The Balaban J connectivity index is 2.67. The minimum atomic E-state index is -0.846. The zero-order chi connectivity index (χ0) is 11.5. The maximum Gasteiger partial charge on any atom is 0.317 e. The first-order chi connectivity index (χ1) is 7.66. The number of hydrogen-bond acceptors (Lipinski definition) is 4.